The first kappa shape index (κ1) is 16.2. The van der Waals surface area contributed by atoms with Crippen molar-refractivity contribution in [3.05, 3.63) is 24.3 Å². The molecule has 0 aliphatic rings. The molecule has 1 unspecified atom stereocenters. The highest BCUT2D eigenvalue weighted by molar-refractivity contribution is 5.81. The van der Waals surface area contributed by atoms with Crippen LogP contribution in [0.2, 0.25) is 0 Å². The lowest BCUT2D eigenvalue weighted by atomic mass is 10.3. The second kappa shape index (κ2) is 8.31. The van der Waals surface area contributed by atoms with Crippen LogP contribution >= 0.6 is 0 Å². The highest BCUT2D eigenvalue weighted by atomic mass is 19.3. The summed E-state index contributed by atoms with van der Waals surface area (Å²) in [6.45, 7) is -0.752. The third-order valence-corrected chi connectivity index (χ3v) is 2.37. The first-order chi connectivity index (χ1) is 9.52. The quantitative estimate of drug-likeness (QED) is 0.766. The summed E-state index contributed by atoms with van der Waals surface area (Å²) >= 11 is 0. The lowest BCUT2D eigenvalue weighted by Gasteiger charge is -2.15. The molecule has 0 heterocycles. The van der Waals surface area contributed by atoms with Gasteiger partial charge in [-0.2, -0.15) is 8.78 Å². The molecule has 0 bridgehead atoms. The number of halogens is 2. The number of methoxy groups -OCH3 is 1. The van der Waals surface area contributed by atoms with Crippen molar-refractivity contribution < 1.29 is 23.0 Å². The van der Waals surface area contributed by atoms with Gasteiger partial charge in [0.15, 0.2) is 0 Å². The van der Waals surface area contributed by atoms with Gasteiger partial charge >= 0.3 is 6.61 Å². The number of benzene rings is 1. The maximum atomic E-state index is 12.2. The molecule has 112 valence electrons. The molecule has 0 spiro atoms. The molecule has 0 saturated heterocycles. The zero-order valence-electron chi connectivity index (χ0n) is 11.4. The predicted octanol–water partition coefficient (Wildman–Crippen LogP) is 1.85. The van der Waals surface area contributed by atoms with Gasteiger partial charge in [-0.15, -0.1) is 0 Å². The number of alkyl halides is 2. The highest BCUT2D eigenvalue weighted by Crippen LogP contribution is 2.25. The number of ether oxygens (including phenoxy) is 2. The molecule has 0 aromatic heterocycles. The SMILES string of the molecule is COCC(C)NC(=O)CNc1ccccc1OC(F)F. The van der Waals surface area contributed by atoms with Gasteiger partial charge in [-0.3, -0.25) is 4.79 Å². The van der Waals surface area contributed by atoms with Crippen molar-refractivity contribution >= 4 is 11.6 Å². The van der Waals surface area contributed by atoms with Gasteiger partial charge in [-0.25, -0.2) is 0 Å². The molecule has 1 amide bonds. The molecule has 7 heteroatoms. The average Bonchev–Trinajstić information content (AvgIpc) is 2.37. The average molecular weight is 288 g/mol. The molecule has 1 atom stereocenters. The van der Waals surface area contributed by atoms with Crippen LogP contribution in [0.1, 0.15) is 6.92 Å². The van der Waals surface area contributed by atoms with Crippen LogP contribution in [0, 0.1) is 0 Å². The maximum absolute atomic E-state index is 12.2. The minimum absolute atomic E-state index is 0.000222. The fourth-order valence-corrected chi connectivity index (χ4v) is 1.60. The van der Waals surface area contributed by atoms with Crippen molar-refractivity contribution in [3.8, 4) is 5.75 Å². The zero-order valence-corrected chi connectivity index (χ0v) is 11.4. The Morgan fingerprint density at radius 3 is 2.70 bits per heavy atom. The van der Waals surface area contributed by atoms with E-state index in [1.807, 2.05) is 0 Å². The summed E-state index contributed by atoms with van der Waals surface area (Å²) in [6.07, 6.45) is 0. The molecule has 1 aromatic carbocycles. The van der Waals surface area contributed by atoms with E-state index in [-0.39, 0.29) is 24.2 Å². The third kappa shape index (κ3) is 5.83. The maximum Gasteiger partial charge on any atom is 0.387 e. The minimum atomic E-state index is -2.91. The van der Waals surface area contributed by atoms with Crippen LogP contribution in [0.4, 0.5) is 14.5 Å². The van der Waals surface area contributed by atoms with Crippen LogP contribution < -0.4 is 15.4 Å². The normalized spacial score (nSPS) is 12.1. The lowest BCUT2D eigenvalue weighted by Crippen LogP contribution is -2.39. The summed E-state index contributed by atoms with van der Waals surface area (Å²) < 4.78 is 33.7. The summed E-state index contributed by atoms with van der Waals surface area (Å²) in [4.78, 5) is 11.6. The summed E-state index contributed by atoms with van der Waals surface area (Å²) in [5, 5.41) is 5.45. The van der Waals surface area contributed by atoms with Gasteiger partial charge in [0.2, 0.25) is 5.91 Å². The Balaban J connectivity index is 2.50. The molecule has 0 aliphatic heterocycles. The zero-order chi connectivity index (χ0) is 15.0. The summed E-state index contributed by atoms with van der Waals surface area (Å²) in [6, 6.07) is 6.07. The number of hydrogen-bond acceptors (Lipinski definition) is 4. The largest absolute Gasteiger partial charge is 0.433 e. The Morgan fingerprint density at radius 1 is 1.35 bits per heavy atom. The number of para-hydroxylation sites is 2. The number of hydrogen-bond donors (Lipinski definition) is 2. The number of carbonyl (C=O) groups excluding carboxylic acids is 1. The van der Waals surface area contributed by atoms with E-state index in [2.05, 4.69) is 15.4 Å². The smallest absolute Gasteiger partial charge is 0.387 e. The second-order valence-electron chi connectivity index (χ2n) is 4.15. The molecule has 0 radical (unpaired) electrons. The van der Waals surface area contributed by atoms with Crippen molar-refractivity contribution in [3.63, 3.8) is 0 Å². The van der Waals surface area contributed by atoms with Crippen LogP contribution in [0.15, 0.2) is 24.3 Å². The summed E-state index contributed by atoms with van der Waals surface area (Å²) in [5.74, 6) is -0.262. The van der Waals surface area contributed by atoms with Gasteiger partial charge in [0.05, 0.1) is 18.8 Å². The van der Waals surface area contributed by atoms with E-state index in [4.69, 9.17) is 4.74 Å². The van der Waals surface area contributed by atoms with E-state index in [1.54, 1.807) is 32.2 Å². The number of rotatable bonds is 8. The molecular formula is C13H18F2N2O3. The number of anilines is 1. The van der Waals surface area contributed by atoms with E-state index in [0.29, 0.717) is 12.3 Å². The van der Waals surface area contributed by atoms with E-state index in [9.17, 15) is 13.6 Å². The molecule has 1 aromatic rings. The second-order valence-corrected chi connectivity index (χ2v) is 4.15. The standard InChI is InChI=1S/C13H18F2N2O3/c1-9(8-19-2)17-12(18)7-16-10-5-3-4-6-11(10)20-13(14)15/h3-6,9,13,16H,7-8H2,1-2H3,(H,17,18). The fourth-order valence-electron chi connectivity index (χ4n) is 1.60. The van der Waals surface area contributed by atoms with Crippen LogP contribution in [0.3, 0.4) is 0 Å². The van der Waals surface area contributed by atoms with Crippen molar-refractivity contribution in [1.82, 2.24) is 5.32 Å². The first-order valence-electron chi connectivity index (χ1n) is 6.09. The topological polar surface area (TPSA) is 59.6 Å². The van der Waals surface area contributed by atoms with E-state index in [1.165, 1.54) is 6.07 Å². The van der Waals surface area contributed by atoms with Gasteiger partial charge in [0, 0.05) is 13.2 Å². The van der Waals surface area contributed by atoms with E-state index < -0.39 is 6.61 Å². The lowest BCUT2D eigenvalue weighted by molar-refractivity contribution is -0.120. The molecule has 2 N–H and O–H groups in total. The van der Waals surface area contributed by atoms with Crippen LogP contribution in [0.25, 0.3) is 0 Å². The minimum Gasteiger partial charge on any atom is -0.433 e. The number of carbonyl (C=O) groups is 1. The summed E-state index contributed by atoms with van der Waals surface area (Å²) in [5.41, 5.74) is 0.336. The third-order valence-electron chi connectivity index (χ3n) is 2.37. The van der Waals surface area contributed by atoms with E-state index in [0.717, 1.165) is 0 Å². The highest BCUT2D eigenvalue weighted by Gasteiger charge is 2.11. The fraction of sp³-hybridized carbons (Fsp3) is 0.462. The first-order valence-corrected chi connectivity index (χ1v) is 6.09. The van der Waals surface area contributed by atoms with Crippen molar-refractivity contribution in [2.75, 3.05) is 25.6 Å². The molecule has 1 rings (SSSR count). The van der Waals surface area contributed by atoms with Crippen LogP contribution in [-0.2, 0) is 9.53 Å². The number of nitrogens with one attached hydrogen (secondary N) is 2. The molecule has 5 nitrogen and oxygen atoms in total. The van der Waals surface area contributed by atoms with Crippen LogP contribution in [0.5, 0.6) is 5.75 Å². The monoisotopic (exact) mass is 288 g/mol. The van der Waals surface area contributed by atoms with Crippen molar-refractivity contribution in [2.45, 2.75) is 19.6 Å². The molecular weight excluding hydrogens is 270 g/mol. The Bertz CT molecular complexity index is 430. The van der Waals surface area contributed by atoms with Crippen LogP contribution in [-0.4, -0.2) is 38.8 Å². The number of amides is 1. The van der Waals surface area contributed by atoms with E-state index >= 15 is 0 Å². The molecule has 0 saturated carbocycles. The van der Waals surface area contributed by atoms with Crippen molar-refractivity contribution in [2.24, 2.45) is 0 Å². The van der Waals surface area contributed by atoms with Gasteiger partial charge in [-0.05, 0) is 19.1 Å². The van der Waals surface area contributed by atoms with Crippen molar-refractivity contribution in [1.29, 1.82) is 0 Å². The van der Waals surface area contributed by atoms with Gasteiger partial charge in [-0.1, -0.05) is 12.1 Å². The van der Waals surface area contributed by atoms with Gasteiger partial charge in [0.1, 0.15) is 5.75 Å². The molecule has 0 fully saturated rings. The van der Waals surface area contributed by atoms with Gasteiger partial charge in [0.25, 0.3) is 0 Å². The Labute approximate surface area is 116 Å². The van der Waals surface area contributed by atoms with Gasteiger partial charge < -0.3 is 20.1 Å². The summed E-state index contributed by atoms with van der Waals surface area (Å²) in [7, 11) is 1.54. The Kier molecular flexibility index (Phi) is 6.72. The Hall–Kier alpha value is -1.89. The predicted molar refractivity (Wildman–Crippen MR) is 71.0 cm³/mol. The Morgan fingerprint density at radius 2 is 2.05 bits per heavy atom. The molecule has 0 aliphatic carbocycles. The molecule has 20 heavy (non-hydrogen) atoms.